The molecule has 4 heteroatoms. The summed E-state index contributed by atoms with van der Waals surface area (Å²) in [7, 11) is 0. The van der Waals surface area contributed by atoms with Gasteiger partial charge >= 0.3 is 0 Å². The summed E-state index contributed by atoms with van der Waals surface area (Å²) in [5, 5.41) is 10.2. The third-order valence-corrected chi connectivity index (χ3v) is 5.18. The number of aromatic nitrogens is 2. The predicted molar refractivity (Wildman–Crippen MR) is 79.3 cm³/mol. The van der Waals surface area contributed by atoms with Crippen molar-refractivity contribution >= 4 is 0 Å². The van der Waals surface area contributed by atoms with Gasteiger partial charge in [-0.2, -0.15) is 0 Å². The van der Waals surface area contributed by atoms with Gasteiger partial charge in [-0.25, -0.2) is 4.98 Å². The van der Waals surface area contributed by atoms with E-state index in [1.54, 1.807) is 0 Å². The van der Waals surface area contributed by atoms with E-state index in [1.165, 1.54) is 37.9 Å². The smallest absolute Gasteiger partial charge is 0.122 e. The Morgan fingerprint density at radius 2 is 2.15 bits per heavy atom. The zero-order valence-corrected chi connectivity index (χ0v) is 12.5. The van der Waals surface area contributed by atoms with Crippen LogP contribution in [0.25, 0.3) is 0 Å². The highest BCUT2D eigenvalue weighted by atomic mass is 16.3. The van der Waals surface area contributed by atoms with Crippen LogP contribution in [-0.2, 0) is 13.1 Å². The molecule has 0 radical (unpaired) electrons. The number of hydrogen-bond acceptors (Lipinski definition) is 3. The van der Waals surface area contributed by atoms with Crippen LogP contribution in [0.15, 0.2) is 12.4 Å². The largest absolute Gasteiger partial charge is 0.393 e. The van der Waals surface area contributed by atoms with Crippen LogP contribution < -0.4 is 0 Å². The summed E-state index contributed by atoms with van der Waals surface area (Å²) >= 11 is 0. The average molecular weight is 277 g/mol. The van der Waals surface area contributed by atoms with Gasteiger partial charge in [-0.3, -0.25) is 4.90 Å². The van der Waals surface area contributed by atoms with Crippen molar-refractivity contribution in [1.82, 2.24) is 14.5 Å². The molecule has 3 unspecified atom stereocenters. The zero-order valence-electron chi connectivity index (χ0n) is 12.5. The van der Waals surface area contributed by atoms with Crippen LogP contribution in [0.5, 0.6) is 0 Å². The molecule has 1 aliphatic heterocycles. The summed E-state index contributed by atoms with van der Waals surface area (Å²) in [5.74, 6) is 1.66. The first kappa shape index (κ1) is 14.1. The molecule has 3 rings (SSSR count). The Labute approximate surface area is 121 Å². The SMILES string of the molecule is CCn1ccnc1CN1CCCCC1C1CCCC1O. The lowest BCUT2D eigenvalue weighted by atomic mass is 9.88. The molecular formula is C16H27N3O. The minimum absolute atomic E-state index is 0.0773. The lowest BCUT2D eigenvalue weighted by molar-refractivity contribution is 0.0295. The van der Waals surface area contributed by atoms with E-state index >= 15 is 0 Å². The van der Waals surface area contributed by atoms with Crippen LogP contribution in [0.1, 0.15) is 51.3 Å². The van der Waals surface area contributed by atoms with Crippen molar-refractivity contribution < 1.29 is 5.11 Å². The standard InChI is InChI=1S/C16H27N3O/c1-2-18-11-9-17-16(18)12-19-10-4-3-7-14(19)13-6-5-8-15(13)20/h9,11,13-15,20H,2-8,10,12H2,1H3. The van der Waals surface area contributed by atoms with E-state index in [-0.39, 0.29) is 6.10 Å². The minimum atomic E-state index is -0.0773. The summed E-state index contributed by atoms with van der Waals surface area (Å²) in [6, 6.07) is 0.559. The van der Waals surface area contributed by atoms with Crippen LogP contribution in [-0.4, -0.2) is 38.2 Å². The predicted octanol–water partition coefficient (Wildman–Crippen LogP) is 2.42. The first-order valence-corrected chi connectivity index (χ1v) is 8.21. The summed E-state index contributed by atoms with van der Waals surface area (Å²) in [6.07, 6.45) is 11.1. The van der Waals surface area contributed by atoms with Gasteiger partial charge in [0.1, 0.15) is 5.82 Å². The molecule has 1 N–H and O–H groups in total. The van der Waals surface area contributed by atoms with E-state index in [2.05, 4.69) is 27.6 Å². The van der Waals surface area contributed by atoms with Gasteiger partial charge in [-0.1, -0.05) is 12.8 Å². The number of likely N-dealkylation sites (tertiary alicyclic amines) is 1. The molecule has 112 valence electrons. The molecule has 1 saturated carbocycles. The van der Waals surface area contributed by atoms with E-state index < -0.39 is 0 Å². The van der Waals surface area contributed by atoms with Gasteiger partial charge in [-0.15, -0.1) is 0 Å². The van der Waals surface area contributed by atoms with Gasteiger partial charge in [0.05, 0.1) is 12.6 Å². The van der Waals surface area contributed by atoms with E-state index in [4.69, 9.17) is 0 Å². The molecule has 3 atom stereocenters. The second kappa shape index (κ2) is 6.27. The number of piperidine rings is 1. The Balaban J connectivity index is 1.72. The Hall–Kier alpha value is -0.870. The lowest BCUT2D eigenvalue weighted by Gasteiger charge is -2.40. The fourth-order valence-electron chi connectivity index (χ4n) is 4.08. The first-order chi connectivity index (χ1) is 9.79. The van der Waals surface area contributed by atoms with Gasteiger partial charge in [-0.05, 0) is 39.2 Å². The number of aliphatic hydroxyl groups excluding tert-OH is 1. The van der Waals surface area contributed by atoms with Crippen molar-refractivity contribution in [2.45, 2.75) is 70.7 Å². The van der Waals surface area contributed by atoms with E-state index in [9.17, 15) is 5.11 Å². The van der Waals surface area contributed by atoms with E-state index in [0.717, 1.165) is 26.1 Å². The second-order valence-corrected chi connectivity index (χ2v) is 6.33. The van der Waals surface area contributed by atoms with Crippen molar-refractivity contribution in [3.63, 3.8) is 0 Å². The normalized spacial score (nSPS) is 31.8. The summed E-state index contributed by atoms with van der Waals surface area (Å²) in [4.78, 5) is 7.10. The molecule has 0 amide bonds. The number of nitrogens with zero attached hydrogens (tertiary/aromatic N) is 3. The molecule has 1 saturated heterocycles. The van der Waals surface area contributed by atoms with Gasteiger partial charge in [0.2, 0.25) is 0 Å². The third-order valence-electron chi connectivity index (χ3n) is 5.18. The van der Waals surface area contributed by atoms with Gasteiger partial charge in [0, 0.05) is 30.9 Å². The second-order valence-electron chi connectivity index (χ2n) is 6.33. The molecule has 1 aromatic heterocycles. The molecule has 1 aromatic rings. The van der Waals surface area contributed by atoms with Crippen LogP contribution >= 0.6 is 0 Å². The number of rotatable bonds is 4. The summed E-state index contributed by atoms with van der Waals surface area (Å²) in [5.41, 5.74) is 0. The maximum Gasteiger partial charge on any atom is 0.122 e. The maximum absolute atomic E-state index is 10.2. The third kappa shape index (κ3) is 2.77. The van der Waals surface area contributed by atoms with Crippen molar-refractivity contribution in [2.24, 2.45) is 5.92 Å². The fraction of sp³-hybridized carbons (Fsp3) is 0.812. The average Bonchev–Trinajstić information content (AvgIpc) is 3.08. The first-order valence-electron chi connectivity index (χ1n) is 8.21. The lowest BCUT2D eigenvalue weighted by Crippen LogP contribution is -2.46. The quantitative estimate of drug-likeness (QED) is 0.919. The topological polar surface area (TPSA) is 41.3 Å². The maximum atomic E-state index is 10.2. The fourth-order valence-corrected chi connectivity index (χ4v) is 4.08. The van der Waals surface area contributed by atoms with Gasteiger partial charge in [0.25, 0.3) is 0 Å². The Morgan fingerprint density at radius 1 is 1.25 bits per heavy atom. The van der Waals surface area contributed by atoms with Gasteiger partial charge < -0.3 is 9.67 Å². The number of hydrogen-bond donors (Lipinski definition) is 1. The molecule has 4 nitrogen and oxygen atoms in total. The molecular weight excluding hydrogens is 250 g/mol. The van der Waals surface area contributed by atoms with Crippen molar-refractivity contribution in [2.75, 3.05) is 6.54 Å². The van der Waals surface area contributed by atoms with Crippen molar-refractivity contribution in [3.8, 4) is 0 Å². The molecule has 20 heavy (non-hydrogen) atoms. The van der Waals surface area contributed by atoms with E-state index in [1.807, 2.05) is 6.20 Å². The zero-order chi connectivity index (χ0) is 13.9. The number of imidazole rings is 1. The van der Waals surface area contributed by atoms with Crippen molar-refractivity contribution in [1.29, 1.82) is 0 Å². The van der Waals surface area contributed by atoms with Gasteiger partial charge in [0.15, 0.2) is 0 Å². The van der Waals surface area contributed by atoms with Crippen LogP contribution in [0.2, 0.25) is 0 Å². The van der Waals surface area contributed by atoms with E-state index in [0.29, 0.717) is 12.0 Å². The summed E-state index contributed by atoms with van der Waals surface area (Å²) < 4.78 is 2.23. The van der Waals surface area contributed by atoms with Crippen molar-refractivity contribution in [3.05, 3.63) is 18.2 Å². The molecule has 0 bridgehead atoms. The highest BCUT2D eigenvalue weighted by molar-refractivity contribution is 4.96. The van der Waals surface area contributed by atoms with Crippen LogP contribution in [0.4, 0.5) is 0 Å². The van der Waals surface area contributed by atoms with Crippen LogP contribution in [0, 0.1) is 5.92 Å². The summed E-state index contributed by atoms with van der Waals surface area (Å²) in [6.45, 7) is 5.25. The van der Waals surface area contributed by atoms with Crippen LogP contribution in [0.3, 0.4) is 0 Å². The highest BCUT2D eigenvalue weighted by Crippen LogP contribution is 2.35. The Bertz CT molecular complexity index is 431. The Kier molecular flexibility index (Phi) is 4.41. The monoisotopic (exact) mass is 277 g/mol. The number of aryl methyl sites for hydroxylation is 1. The molecule has 2 fully saturated rings. The molecule has 2 aliphatic rings. The highest BCUT2D eigenvalue weighted by Gasteiger charge is 2.37. The number of aliphatic hydroxyl groups is 1. The minimum Gasteiger partial charge on any atom is -0.393 e. The molecule has 0 aromatic carbocycles. The molecule has 2 heterocycles. The Morgan fingerprint density at radius 3 is 2.90 bits per heavy atom. The molecule has 0 spiro atoms. The molecule has 1 aliphatic carbocycles.